The summed E-state index contributed by atoms with van der Waals surface area (Å²) in [6.45, 7) is 0. The van der Waals surface area contributed by atoms with Crippen molar-refractivity contribution in [2.75, 3.05) is 12.5 Å². The highest BCUT2D eigenvalue weighted by Gasteiger charge is 2.09. The van der Waals surface area contributed by atoms with Gasteiger partial charge in [0.05, 0.1) is 23.8 Å². The highest BCUT2D eigenvalue weighted by atomic mass is 31.2. The Bertz CT molecular complexity index is 430. The number of non-ortho nitro benzene ring substituents is 1. The number of nitro benzene ring substituents is 1. The van der Waals surface area contributed by atoms with Gasteiger partial charge in [-0.2, -0.15) is 0 Å². The Hall–Kier alpha value is -1.71. The zero-order valence-electron chi connectivity index (χ0n) is 9.18. The number of rotatable bonds is 3. The van der Waals surface area contributed by atoms with Crippen LogP contribution < -0.4 is 16.0 Å². The molecule has 0 aliphatic carbocycles. The third-order valence-corrected chi connectivity index (χ3v) is 1.50. The van der Waals surface area contributed by atoms with Gasteiger partial charge in [0.1, 0.15) is 5.75 Å². The summed E-state index contributed by atoms with van der Waals surface area (Å²) in [5.74, 6) is 5.51. The molecule has 0 aliphatic rings. The number of anilines is 1. The van der Waals surface area contributed by atoms with Gasteiger partial charge in [0.15, 0.2) is 0 Å². The maximum Gasteiger partial charge on any atom is 0.466 e. The average Bonchev–Trinajstić information content (AvgIpc) is 2.26. The number of benzene rings is 1. The van der Waals surface area contributed by atoms with Gasteiger partial charge < -0.3 is 24.8 Å². The number of ether oxygens (including phenoxy) is 1. The van der Waals surface area contributed by atoms with E-state index in [1.165, 1.54) is 19.2 Å². The van der Waals surface area contributed by atoms with Gasteiger partial charge in [0.25, 0.3) is 5.69 Å². The summed E-state index contributed by atoms with van der Waals surface area (Å²) in [6, 6.07) is 4.20. The van der Waals surface area contributed by atoms with Crippen LogP contribution in [0, 0.1) is 10.1 Å². The summed E-state index contributed by atoms with van der Waals surface area (Å²) in [5.41, 5.74) is 2.69. The van der Waals surface area contributed by atoms with E-state index in [2.05, 4.69) is 5.43 Å². The molecule has 0 amide bonds. The second kappa shape index (κ2) is 6.89. The Balaban J connectivity index is 0.000000494. The minimum absolute atomic E-state index is 0.0627. The van der Waals surface area contributed by atoms with Crippen LogP contribution in [0.3, 0.4) is 0 Å². The molecule has 6 N–H and O–H groups in total. The molecule has 0 aliphatic heterocycles. The molecule has 1 rings (SSSR count). The summed E-state index contributed by atoms with van der Waals surface area (Å²) in [4.78, 5) is 31.5. The first kappa shape index (κ1) is 16.3. The molecule has 0 fully saturated rings. The van der Waals surface area contributed by atoms with E-state index in [1.807, 2.05) is 0 Å². The molecule has 0 bridgehead atoms. The van der Waals surface area contributed by atoms with Gasteiger partial charge in [-0.05, 0) is 0 Å². The van der Waals surface area contributed by atoms with E-state index in [0.29, 0.717) is 11.4 Å². The van der Waals surface area contributed by atoms with Crippen molar-refractivity contribution in [2.45, 2.75) is 0 Å². The largest absolute Gasteiger partial charge is 0.496 e. The smallest absolute Gasteiger partial charge is 0.466 e. The van der Waals surface area contributed by atoms with Crippen molar-refractivity contribution < 1.29 is 28.9 Å². The fourth-order valence-electron chi connectivity index (χ4n) is 0.890. The lowest BCUT2D eigenvalue weighted by Crippen LogP contribution is -2.07. The summed E-state index contributed by atoms with van der Waals surface area (Å²) in [5, 5.41) is 10.4. The number of phosphoric acid groups is 1. The van der Waals surface area contributed by atoms with Gasteiger partial charge >= 0.3 is 7.82 Å². The highest BCUT2D eigenvalue weighted by molar-refractivity contribution is 7.45. The van der Waals surface area contributed by atoms with Crippen LogP contribution in [0.25, 0.3) is 0 Å². The maximum atomic E-state index is 10.4. The quantitative estimate of drug-likeness (QED) is 0.221. The number of nitrogens with zero attached hydrogens (tertiary/aromatic N) is 1. The SMILES string of the molecule is COc1cc(NN)cc([N+](=O)[O-])c1.O=P(O)(O)O. The van der Waals surface area contributed by atoms with E-state index in [9.17, 15) is 10.1 Å². The molecule has 0 radical (unpaired) electrons. The van der Waals surface area contributed by atoms with Gasteiger partial charge in [-0.1, -0.05) is 0 Å². The summed E-state index contributed by atoms with van der Waals surface area (Å²) in [7, 11) is -3.21. The lowest BCUT2D eigenvalue weighted by molar-refractivity contribution is -0.384. The first-order valence-corrected chi connectivity index (χ1v) is 5.82. The number of methoxy groups -OCH3 is 1. The zero-order valence-corrected chi connectivity index (χ0v) is 10.1. The van der Waals surface area contributed by atoms with Crippen LogP contribution in [-0.2, 0) is 4.57 Å². The Morgan fingerprint density at radius 3 is 2.22 bits per heavy atom. The molecular weight excluding hydrogens is 269 g/mol. The van der Waals surface area contributed by atoms with E-state index >= 15 is 0 Å². The number of nitrogen functional groups attached to an aromatic ring is 1. The highest BCUT2D eigenvalue weighted by Crippen LogP contribution is 2.26. The van der Waals surface area contributed by atoms with Gasteiger partial charge in [0, 0.05) is 12.1 Å². The second-order valence-corrected chi connectivity index (χ2v) is 3.86. The van der Waals surface area contributed by atoms with Crippen molar-refractivity contribution >= 4 is 19.2 Å². The molecule has 10 nitrogen and oxygen atoms in total. The monoisotopic (exact) mass is 281 g/mol. The Morgan fingerprint density at radius 1 is 1.39 bits per heavy atom. The van der Waals surface area contributed by atoms with Crippen LogP contribution in [0.15, 0.2) is 18.2 Å². The third-order valence-electron chi connectivity index (χ3n) is 1.50. The zero-order chi connectivity index (χ0) is 14.3. The molecule has 0 saturated heterocycles. The Morgan fingerprint density at radius 2 is 1.89 bits per heavy atom. The molecule has 1 aromatic rings. The lowest BCUT2D eigenvalue weighted by atomic mass is 10.2. The summed E-state index contributed by atoms with van der Waals surface area (Å²) in [6.07, 6.45) is 0. The number of hydrogen-bond donors (Lipinski definition) is 5. The predicted octanol–water partition coefficient (Wildman–Crippen LogP) is -0.0396. The van der Waals surface area contributed by atoms with Crippen LogP contribution in [0.5, 0.6) is 5.75 Å². The number of nitrogens with two attached hydrogens (primary N) is 1. The molecule has 0 atom stereocenters. The number of hydrazine groups is 1. The maximum absolute atomic E-state index is 10.4. The van der Waals surface area contributed by atoms with Crippen molar-refractivity contribution in [1.82, 2.24) is 0 Å². The number of nitrogens with one attached hydrogen (secondary N) is 1. The van der Waals surface area contributed by atoms with Crippen molar-refractivity contribution in [2.24, 2.45) is 5.84 Å². The fraction of sp³-hybridized carbons (Fsp3) is 0.143. The molecule has 18 heavy (non-hydrogen) atoms. The molecule has 0 unspecified atom stereocenters. The summed E-state index contributed by atoms with van der Waals surface area (Å²) < 4.78 is 13.7. The van der Waals surface area contributed by atoms with Crippen LogP contribution in [0.4, 0.5) is 11.4 Å². The Kier molecular flexibility index (Phi) is 6.23. The molecule has 0 saturated carbocycles. The van der Waals surface area contributed by atoms with Crippen molar-refractivity contribution in [1.29, 1.82) is 0 Å². The topological polar surface area (TPSA) is 168 Å². The number of hydrogen-bond acceptors (Lipinski definition) is 6. The van der Waals surface area contributed by atoms with Crippen LogP contribution >= 0.6 is 7.82 Å². The average molecular weight is 281 g/mol. The Labute approximate surface area is 101 Å². The molecule has 1 aromatic carbocycles. The van der Waals surface area contributed by atoms with Gasteiger partial charge in [0.2, 0.25) is 0 Å². The van der Waals surface area contributed by atoms with E-state index in [-0.39, 0.29) is 5.69 Å². The number of nitro groups is 1. The van der Waals surface area contributed by atoms with Crippen LogP contribution in [-0.4, -0.2) is 26.7 Å². The first-order chi connectivity index (χ1) is 8.17. The molecule has 102 valence electrons. The van der Waals surface area contributed by atoms with Crippen LogP contribution in [0.2, 0.25) is 0 Å². The van der Waals surface area contributed by atoms with Crippen LogP contribution in [0.1, 0.15) is 0 Å². The molecule has 0 spiro atoms. The van der Waals surface area contributed by atoms with E-state index in [4.69, 9.17) is 29.8 Å². The van der Waals surface area contributed by atoms with Gasteiger partial charge in [-0.15, -0.1) is 0 Å². The van der Waals surface area contributed by atoms with Crippen molar-refractivity contribution in [3.63, 3.8) is 0 Å². The van der Waals surface area contributed by atoms with Gasteiger partial charge in [-0.3, -0.25) is 16.0 Å². The molecular formula is C7H12N3O7P. The third kappa shape index (κ3) is 7.54. The lowest BCUT2D eigenvalue weighted by Gasteiger charge is -2.03. The predicted molar refractivity (Wildman–Crippen MR) is 61.7 cm³/mol. The standard InChI is InChI=1S/C7H9N3O3.H3O4P/c1-13-7-3-5(9-8)2-6(4-7)10(11)12;1-5(2,3)4/h2-4,9H,8H2,1H3;(H3,1,2,3,4). The minimum atomic E-state index is -4.64. The van der Waals surface area contributed by atoms with E-state index in [1.54, 1.807) is 6.07 Å². The molecule has 11 heteroatoms. The van der Waals surface area contributed by atoms with Crippen molar-refractivity contribution in [3.05, 3.63) is 28.3 Å². The molecule has 0 heterocycles. The van der Waals surface area contributed by atoms with Crippen molar-refractivity contribution in [3.8, 4) is 5.75 Å². The van der Waals surface area contributed by atoms with Gasteiger partial charge in [-0.25, -0.2) is 4.57 Å². The minimum Gasteiger partial charge on any atom is -0.496 e. The normalized spacial score (nSPS) is 10.1. The fourth-order valence-corrected chi connectivity index (χ4v) is 0.890. The second-order valence-electron chi connectivity index (χ2n) is 2.83. The first-order valence-electron chi connectivity index (χ1n) is 4.25. The summed E-state index contributed by atoms with van der Waals surface area (Å²) >= 11 is 0. The van der Waals surface area contributed by atoms with E-state index in [0.717, 1.165) is 0 Å². The molecule has 0 aromatic heterocycles. The van der Waals surface area contributed by atoms with E-state index < -0.39 is 12.7 Å².